The fourth-order valence-electron chi connectivity index (χ4n) is 4.33. The van der Waals surface area contributed by atoms with Crippen LogP contribution in [0.2, 0.25) is 0 Å². The minimum Gasteiger partial charge on any atom is -0.311 e. The van der Waals surface area contributed by atoms with Crippen LogP contribution in [0.15, 0.2) is 126 Å². The van der Waals surface area contributed by atoms with E-state index in [9.17, 15) is 0 Å². The summed E-state index contributed by atoms with van der Waals surface area (Å²) in [6.45, 7) is 4.00. The number of fused-ring (bicyclic) bond motifs is 3. The lowest BCUT2D eigenvalue weighted by Crippen LogP contribution is -2.09. The van der Waals surface area contributed by atoms with Crippen molar-refractivity contribution in [2.24, 2.45) is 0 Å². The van der Waals surface area contributed by atoms with E-state index in [4.69, 9.17) is 0 Å². The Morgan fingerprint density at radius 3 is 1.71 bits per heavy atom. The van der Waals surface area contributed by atoms with Gasteiger partial charge in [-0.3, -0.25) is 0 Å². The van der Waals surface area contributed by atoms with Crippen LogP contribution in [-0.2, 0) is 0 Å². The highest BCUT2D eigenvalue weighted by Crippen LogP contribution is 2.39. The van der Waals surface area contributed by atoms with E-state index < -0.39 is 0 Å². The first-order valence-corrected chi connectivity index (χ1v) is 13.5. The molecule has 6 rings (SSSR count). The molecular weight excluding hydrogens is 510 g/mol. The van der Waals surface area contributed by atoms with Crippen molar-refractivity contribution in [2.75, 3.05) is 4.90 Å². The Kier molecular flexibility index (Phi) is 6.98. The number of benzene rings is 5. The van der Waals surface area contributed by atoms with Gasteiger partial charge in [0.2, 0.25) is 0 Å². The molecule has 0 aliphatic heterocycles. The van der Waals surface area contributed by atoms with Gasteiger partial charge in [0.05, 0.1) is 0 Å². The van der Waals surface area contributed by atoms with E-state index in [-0.39, 0.29) is 0 Å². The van der Waals surface area contributed by atoms with Crippen molar-refractivity contribution >= 4 is 64.5 Å². The van der Waals surface area contributed by atoms with Crippen LogP contribution in [0.25, 0.3) is 31.3 Å². The zero-order valence-corrected chi connectivity index (χ0v) is 22.2. The first kappa shape index (κ1) is 23.3. The van der Waals surface area contributed by atoms with Crippen molar-refractivity contribution in [3.05, 3.63) is 126 Å². The van der Waals surface area contributed by atoms with Gasteiger partial charge in [-0.15, -0.1) is 11.3 Å². The number of anilines is 3. The normalized spacial score (nSPS) is 10.7. The third-order valence-electron chi connectivity index (χ3n) is 5.92. The van der Waals surface area contributed by atoms with E-state index in [0.29, 0.717) is 0 Å². The van der Waals surface area contributed by atoms with Crippen molar-refractivity contribution in [1.82, 2.24) is 0 Å². The zero-order chi connectivity index (χ0) is 24.2. The summed E-state index contributed by atoms with van der Waals surface area (Å²) in [4.78, 5) is 2.29. The number of thiophene rings is 1. The topological polar surface area (TPSA) is 3.24 Å². The van der Waals surface area contributed by atoms with Gasteiger partial charge in [0.1, 0.15) is 0 Å². The Labute approximate surface area is 219 Å². The van der Waals surface area contributed by atoms with Gasteiger partial charge in [-0.1, -0.05) is 90.4 Å². The maximum Gasteiger partial charge on any atom is 0.0462 e. The molecule has 0 bridgehead atoms. The van der Waals surface area contributed by atoms with E-state index in [1.165, 1.54) is 31.3 Å². The van der Waals surface area contributed by atoms with Crippen molar-refractivity contribution in [1.29, 1.82) is 0 Å². The lowest BCUT2D eigenvalue weighted by atomic mass is 10.0. The second kappa shape index (κ2) is 10.5. The average Bonchev–Trinajstić information content (AvgIpc) is 3.28. The Morgan fingerprint density at radius 2 is 1.09 bits per heavy atom. The summed E-state index contributed by atoms with van der Waals surface area (Å²) < 4.78 is 3.76. The minimum absolute atomic E-state index is 1.12. The Balaban J connectivity index is 0.00000124. The lowest BCUT2D eigenvalue weighted by molar-refractivity contribution is 1.28. The van der Waals surface area contributed by atoms with E-state index >= 15 is 0 Å². The fourth-order valence-corrected chi connectivity index (χ4v) is 5.97. The standard InChI is InChI=1S/C30H20BrNS.C2H6/c31-23-14-17-27-28-19-22(13-18-29(28)33-30(27)20-23)21-11-15-26(16-12-21)32(24-7-3-1-4-8-24)25-9-5-2-6-10-25;1-2/h1-20H;1-2H3. The summed E-state index contributed by atoms with van der Waals surface area (Å²) in [6.07, 6.45) is 0. The molecule has 0 aliphatic carbocycles. The zero-order valence-electron chi connectivity index (χ0n) is 19.8. The Hall–Kier alpha value is -3.40. The Bertz CT molecular complexity index is 1520. The molecule has 172 valence electrons. The molecule has 0 unspecified atom stereocenters. The first-order chi connectivity index (χ1) is 17.3. The van der Waals surface area contributed by atoms with Gasteiger partial charge in [-0.25, -0.2) is 0 Å². The predicted molar refractivity (Wildman–Crippen MR) is 158 cm³/mol. The van der Waals surface area contributed by atoms with Crippen LogP contribution in [0.3, 0.4) is 0 Å². The van der Waals surface area contributed by atoms with Crippen LogP contribution in [0, 0.1) is 0 Å². The van der Waals surface area contributed by atoms with Gasteiger partial charge in [-0.2, -0.15) is 0 Å². The summed E-state index contributed by atoms with van der Waals surface area (Å²) in [6, 6.07) is 43.2. The summed E-state index contributed by atoms with van der Waals surface area (Å²) in [5.74, 6) is 0. The van der Waals surface area contributed by atoms with Crippen LogP contribution in [-0.4, -0.2) is 0 Å². The minimum atomic E-state index is 1.12. The molecule has 0 N–H and O–H groups in total. The molecule has 3 heteroatoms. The highest BCUT2D eigenvalue weighted by molar-refractivity contribution is 9.10. The highest BCUT2D eigenvalue weighted by Gasteiger charge is 2.12. The molecule has 35 heavy (non-hydrogen) atoms. The molecule has 1 nitrogen and oxygen atoms in total. The fraction of sp³-hybridized carbons (Fsp3) is 0.0625. The SMILES string of the molecule is Brc1ccc2c(c1)sc1ccc(-c3ccc(N(c4ccccc4)c4ccccc4)cc3)cc12.CC. The second-order valence-corrected chi connectivity index (χ2v) is 10.0. The van der Waals surface area contributed by atoms with Crippen LogP contribution in [0.1, 0.15) is 13.8 Å². The maximum atomic E-state index is 3.60. The van der Waals surface area contributed by atoms with Crippen molar-refractivity contribution in [3.8, 4) is 11.1 Å². The molecule has 5 aromatic carbocycles. The monoisotopic (exact) mass is 535 g/mol. The number of nitrogens with zero attached hydrogens (tertiary/aromatic N) is 1. The quantitative estimate of drug-likeness (QED) is 0.217. The van der Waals surface area contributed by atoms with Crippen molar-refractivity contribution in [3.63, 3.8) is 0 Å². The van der Waals surface area contributed by atoms with E-state index in [1.54, 1.807) is 0 Å². The molecule has 0 saturated carbocycles. The number of para-hydroxylation sites is 2. The average molecular weight is 537 g/mol. The molecule has 0 radical (unpaired) electrons. The number of rotatable bonds is 4. The van der Waals surface area contributed by atoms with E-state index in [0.717, 1.165) is 21.5 Å². The van der Waals surface area contributed by atoms with Crippen LogP contribution in [0.5, 0.6) is 0 Å². The highest BCUT2D eigenvalue weighted by atomic mass is 79.9. The molecule has 0 fully saturated rings. The van der Waals surface area contributed by atoms with Crippen LogP contribution in [0.4, 0.5) is 17.1 Å². The van der Waals surface area contributed by atoms with Crippen LogP contribution >= 0.6 is 27.3 Å². The van der Waals surface area contributed by atoms with Gasteiger partial charge in [-0.05, 0) is 71.8 Å². The summed E-state index contributed by atoms with van der Waals surface area (Å²) >= 11 is 5.44. The van der Waals surface area contributed by atoms with E-state index in [2.05, 4.69) is 142 Å². The molecule has 0 aliphatic rings. The van der Waals surface area contributed by atoms with Crippen LogP contribution < -0.4 is 4.90 Å². The van der Waals surface area contributed by atoms with Gasteiger partial charge in [0.25, 0.3) is 0 Å². The molecule has 6 aromatic rings. The summed E-state index contributed by atoms with van der Waals surface area (Å²) in [5, 5.41) is 2.63. The third-order valence-corrected chi connectivity index (χ3v) is 7.55. The summed E-state index contributed by atoms with van der Waals surface area (Å²) in [7, 11) is 0. The molecule has 0 saturated heterocycles. The third kappa shape index (κ3) is 4.75. The number of hydrogen-bond donors (Lipinski definition) is 0. The largest absolute Gasteiger partial charge is 0.311 e. The Morgan fingerprint density at radius 1 is 0.514 bits per heavy atom. The second-order valence-electron chi connectivity index (χ2n) is 8.01. The lowest BCUT2D eigenvalue weighted by Gasteiger charge is -2.25. The van der Waals surface area contributed by atoms with Gasteiger partial charge in [0, 0.05) is 41.7 Å². The number of hydrogen-bond acceptors (Lipinski definition) is 2. The van der Waals surface area contributed by atoms with Crippen molar-refractivity contribution < 1.29 is 0 Å². The maximum absolute atomic E-state index is 3.60. The number of halogens is 1. The van der Waals surface area contributed by atoms with Gasteiger partial charge >= 0.3 is 0 Å². The molecule has 0 amide bonds. The first-order valence-electron chi connectivity index (χ1n) is 11.9. The van der Waals surface area contributed by atoms with Gasteiger partial charge in [0.15, 0.2) is 0 Å². The van der Waals surface area contributed by atoms with Gasteiger partial charge < -0.3 is 4.90 Å². The molecular formula is C32H26BrNS. The molecule has 1 heterocycles. The predicted octanol–water partition coefficient (Wildman–Crippen LogP) is 11.0. The van der Waals surface area contributed by atoms with Crippen molar-refractivity contribution in [2.45, 2.75) is 13.8 Å². The molecule has 0 spiro atoms. The summed E-state index contributed by atoms with van der Waals surface area (Å²) in [5.41, 5.74) is 5.89. The molecule has 0 atom stereocenters. The molecule has 1 aromatic heterocycles. The smallest absolute Gasteiger partial charge is 0.0462 e. The van der Waals surface area contributed by atoms with E-state index in [1.807, 2.05) is 25.2 Å².